The molecule has 5 rings (SSSR count). The molecular formula is C23H19ClN2O2. The molecule has 140 valence electrons. The second kappa shape index (κ2) is 6.64. The van der Waals surface area contributed by atoms with E-state index in [-0.39, 0.29) is 24.2 Å². The van der Waals surface area contributed by atoms with E-state index in [1.165, 1.54) is 16.5 Å². The second-order valence-corrected chi connectivity index (χ2v) is 7.92. The summed E-state index contributed by atoms with van der Waals surface area (Å²) in [5.41, 5.74) is 4.24. The number of aryl methyl sites for hydroxylation is 2. The van der Waals surface area contributed by atoms with Gasteiger partial charge in [0.2, 0.25) is 11.8 Å². The number of benzene rings is 3. The fraction of sp³-hybridized carbons (Fsp3) is 0.217. The van der Waals surface area contributed by atoms with Gasteiger partial charge in [0.05, 0.1) is 11.6 Å². The summed E-state index contributed by atoms with van der Waals surface area (Å²) < 4.78 is 0. The molecule has 2 amide bonds. The lowest BCUT2D eigenvalue weighted by molar-refractivity contribution is -0.122. The summed E-state index contributed by atoms with van der Waals surface area (Å²) in [5, 5.41) is 5.83. The normalized spacial score (nSPS) is 18.1. The van der Waals surface area contributed by atoms with Gasteiger partial charge in [0, 0.05) is 29.1 Å². The molecule has 0 aromatic heterocycles. The minimum absolute atomic E-state index is 0.00931. The minimum Gasteiger partial charge on any atom is -0.326 e. The Bertz CT molecular complexity index is 1110. The van der Waals surface area contributed by atoms with E-state index in [9.17, 15) is 9.59 Å². The van der Waals surface area contributed by atoms with Gasteiger partial charge in [-0.3, -0.25) is 9.59 Å². The van der Waals surface area contributed by atoms with Gasteiger partial charge in [0.25, 0.3) is 0 Å². The first-order valence-corrected chi connectivity index (χ1v) is 9.88. The van der Waals surface area contributed by atoms with Crippen LogP contribution in [-0.4, -0.2) is 18.4 Å². The second-order valence-electron chi connectivity index (χ2n) is 7.49. The first kappa shape index (κ1) is 17.3. The van der Waals surface area contributed by atoms with Gasteiger partial charge >= 0.3 is 0 Å². The van der Waals surface area contributed by atoms with Gasteiger partial charge in [-0.1, -0.05) is 41.9 Å². The maximum absolute atomic E-state index is 12.8. The van der Waals surface area contributed by atoms with Crippen LogP contribution in [0.5, 0.6) is 0 Å². The molecule has 3 aromatic carbocycles. The Morgan fingerprint density at radius 2 is 1.82 bits per heavy atom. The zero-order chi connectivity index (χ0) is 19.3. The van der Waals surface area contributed by atoms with Crippen molar-refractivity contribution in [1.29, 1.82) is 0 Å². The number of rotatable bonds is 3. The van der Waals surface area contributed by atoms with Crippen molar-refractivity contribution in [2.75, 3.05) is 16.8 Å². The number of carbonyl (C=O) groups is 2. The summed E-state index contributed by atoms with van der Waals surface area (Å²) in [4.78, 5) is 27.2. The van der Waals surface area contributed by atoms with Crippen LogP contribution in [0.15, 0.2) is 54.6 Å². The van der Waals surface area contributed by atoms with Gasteiger partial charge in [-0.05, 0) is 53.6 Å². The Morgan fingerprint density at radius 1 is 1.04 bits per heavy atom. The van der Waals surface area contributed by atoms with Crippen molar-refractivity contribution < 1.29 is 9.59 Å². The number of halogens is 1. The van der Waals surface area contributed by atoms with Gasteiger partial charge < -0.3 is 10.2 Å². The first-order chi connectivity index (χ1) is 13.6. The van der Waals surface area contributed by atoms with Crippen molar-refractivity contribution in [1.82, 2.24) is 0 Å². The maximum atomic E-state index is 12.8. The molecule has 5 heteroatoms. The van der Waals surface area contributed by atoms with Crippen LogP contribution in [0.25, 0.3) is 10.8 Å². The maximum Gasteiger partial charge on any atom is 0.229 e. The predicted octanol–water partition coefficient (Wildman–Crippen LogP) is 4.58. The van der Waals surface area contributed by atoms with Gasteiger partial charge in [-0.2, -0.15) is 0 Å². The van der Waals surface area contributed by atoms with Crippen LogP contribution in [-0.2, 0) is 22.4 Å². The van der Waals surface area contributed by atoms with Crippen LogP contribution < -0.4 is 10.2 Å². The predicted molar refractivity (Wildman–Crippen MR) is 112 cm³/mol. The highest BCUT2D eigenvalue weighted by Crippen LogP contribution is 2.38. The standard InChI is InChI=1S/C23H19ClN2O2/c24-17-4-2-5-18(12-17)25-23(28)16-11-21(27)26(13-16)20-10-9-15-8-7-14-3-1-6-19(20)22(14)15/h1-6,9-10,12,16H,7-8,11,13H2,(H,25,28). The molecule has 2 aliphatic rings. The Kier molecular flexibility index (Phi) is 4.09. The quantitative estimate of drug-likeness (QED) is 0.711. The molecule has 1 aliphatic carbocycles. The number of nitrogens with zero attached hydrogens (tertiary/aromatic N) is 1. The van der Waals surface area contributed by atoms with E-state index in [1.54, 1.807) is 29.2 Å². The molecule has 1 saturated heterocycles. The summed E-state index contributed by atoms with van der Waals surface area (Å²) in [6.45, 7) is 0.393. The molecule has 1 aliphatic heterocycles. The molecule has 1 unspecified atom stereocenters. The van der Waals surface area contributed by atoms with Gasteiger partial charge in [0.1, 0.15) is 0 Å². The zero-order valence-electron chi connectivity index (χ0n) is 15.2. The van der Waals surface area contributed by atoms with Crippen molar-refractivity contribution in [3.8, 4) is 0 Å². The number of nitrogens with one attached hydrogen (secondary N) is 1. The minimum atomic E-state index is -0.380. The average Bonchev–Trinajstić information content (AvgIpc) is 3.28. The molecule has 1 atom stereocenters. The van der Waals surface area contributed by atoms with E-state index < -0.39 is 0 Å². The number of amides is 2. The average molecular weight is 391 g/mol. The van der Waals surface area contributed by atoms with Crippen molar-refractivity contribution in [2.24, 2.45) is 5.92 Å². The fourth-order valence-corrected chi connectivity index (χ4v) is 4.58. The molecular weight excluding hydrogens is 372 g/mol. The highest BCUT2D eigenvalue weighted by molar-refractivity contribution is 6.30. The van der Waals surface area contributed by atoms with Crippen molar-refractivity contribution >= 4 is 45.6 Å². The smallest absolute Gasteiger partial charge is 0.229 e. The molecule has 28 heavy (non-hydrogen) atoms. The highest BCUT2D eigenvalue weighted by atomic mass is 35.5. The summed E-state index contributed by atoms with van der Waals surface area (Å²) in [5.74, 6) is -0.538. The molecule has 4 nitrogen and oxygen atoms in total. The highest BCUT2D eigenvalue weighted by Gasteiger charge is 2.36. The first-order valence-electron chi connectivity index (χ1n) is 9.50. The molecule has 1 N–H and O–H groups in total. The third-order valence-electron chi connectivity index (χ3n) is 5.73. The third-order valence-corrected chi connectivity index (χ3v) is 5.97. The Balaban J connectivity index is 1.42. The van der Waals surface area contributed by atoms with Crippen molar-refractivity contribution in [3.63, 3.8) is 0 Å². The van der Waals surface area contributed by atoms with Crippen LogP contribution in [0.1, 0.15) is 17.5 Å². The van der Waals surface area contributed by atoms with Crippen molar-refractivity contribution in [3.05, 3.63) is 70.7 Å². The van der Waals surface area contributed by atoms with E-state index in [0.29, 0.717) is 17.3 Å². The summed E-state index contributed by atoms with van der Waals surface area (Å²) in [6, 6.07) is 17.5. The lowest BCUT2D eigenvalue weighted by Crippen LogP contribution is -2.28. The Labute approximate surface area is 168 Å². The van der Waals surface area contributed by atoms with Crippen LogP contribution in [0.2, 0.25) is 5.02 Å². The Hall–Kier alpha value is -2.85. The summed E-state index contributed by atoms with van der Waals surface area (Å²) in [7, 11) is 0. The molecule has 3 aromatic rings. The van der Waals surface area contributed by atoms with Crippen LogP contribution in [0.3, 0.4) is 0 Å². The van der Waals surface area contributed by atoms with Gasteiger partial charge in [0.15, 0.2) is 0 Å². The van der Waals surface area contributed by atoms with Crippen LogP contribution in [0, 0.1) is 5.92 Å². The molecule has 0 radical (unpaired) electrons. The lowest BCUT2D eigenvalue weighted by atomic mass is 10.0. The van der Waals surface area contributed by atoms with Crippen LogP contribution in [0.4, 0.5) is 11.4 Å². The number of hydrogen-bond acceptors (Lipinski definition) is 2. The summed E-state index contributed by atoms with van der Waals surface area (Å²) in [6.07, 6.45) is 2.32. The van der Waals surface area contributed by atoms with Gasteiger partial charge in [-0.25, -0.2) is 0 Å². The van der Waals surface area contributed by atoms with E-state index in [1.807, 2.05) is 6.07 Å². The van der Waals surface area contributed by atoms with E-state index in [2.05, 4.69) is 29.6 Å². The largest absolute Gasteiger partial charge is 0.326 e. The molecule has 1 fully saturated rings. The molecule has 0 spiro atoms. The Morgan fingerprint density at radius 3 is 2.64 bits per heavy atom. The van der Waals surface area contributed by atoms with E-state index in [0.717, 1.165) is 23.9 Å². The fourth-order valence-electron chi connectivity index (χ4n) is 4.39. The van der Waals surface area contributed by atoms with E-state index in [4.69, 9.17) is 11.6 Å². The van der Waals surface area contributed by atoms with Crippen LogP contribution >= 0.6 is 11.6 Å². The SMILES string of the molecule is O=C(Nc1cccc(Cl)c1)C1CC(=O)N(c2ccc3c4c(cccc24)CC3)C1. The number of hydrogen-bond donors (Lipinski definition) is 1. The molecule has 0 saturated carbocycles. The third kappa shape index (κ3) is 2.85. The van der Waals surface area contributed by atoms with E-state index >= 15 is 0 Å². The summed E-state index contributed by atoms with van der Waals surface area (Å²) >= 11 is 5.99. The number of carbonyl (C=O) groups excluding carboxylic acids is 2. The van der Waals surface area contributed by atoms with Crippen molar-refractivity contribution in [2.45, 2.75) is 19.3 Å². The van der Waals surface area contributed by atoms with Gasteiger partial charge in [-0.15, -0.1) is 0 Å². The lowest BCUT2D eigenvalue weighted by Gasteiger charge is -2.20. The zero-order valence-corrected chi connectivity index (χ0v) is 16.0. The topological polar surface area (TPSA) is 49.4 Å². The number of anilines is 2. The molecule has 0 bridgehead atoms. The monoisotopic (exact) mass is 390 g/mol. The molecule has 1 heterocycles.